The second-order valence-electron chi connectivity index (χ2n) is 7.78. The molecule has 1 atom stereocenters. The Bertz CT molecular complexity index is 834. The van der Waals surface area contributed by atoms with Crippen molar-refractivity contribution in [1.82, 2.24) is 4.98 Å². The molecule has 2 saturated carbocycles. The number of esters is 1. The zero-order valence-electron chi connectivity index (χ0n) is 18.4. The maximum atomic E-state index is 12.7. The summed E-state index contributed by atoms with van der Waals surface area (Å²) in [5, 5.41) is 0. The normalized spacial score (nSPS) is 22.1. The number of nitrogens with two attached hydrogens (primary N) is 1. The van der Waals surface area contributed by atoms with Gasteiger partial charge in [0.15, 0.2) is 0 Å². The number of nitrogen functional groups attached to an aromatic ring is 1. The second-order valence-corrected chi connectivity index (χ2v) is 7.78. The number of ether oxygens (including phenoxy) is 2. The van der Waals surface area contributed by atoms with Gasteiger partial charge in [0.2, 0.25) is 5.88 Å². The predicted molar refractivity (Wildman–Crippen MR) is 120 cm³/mol. The third-order valence-corrected chi connectivity index (χ3v) is 5.80. The van der Waals surface area contributed by atoms with Gasteiger partial charge in [-0.2, -0.15) is 0 Å². The Labute approximate surface area is 203 Å². The Kier molecular flexibility index (Phi) is 9.07. The van der Waals surface area contributed by atoms with Gasteiger partial charge in [-0.1, -0.05) is 0 Å². The van der Waals surface area contributed by atoms with Gasteiger partial charge >= 0.3 is 23.0 Å². The van der Waals surface area contributed by atoms with Gasteiger partial charge in [-0.25, -0.2) is 9.78 Å². The number of hydrogen-bond donors (Lipinski definition) is 1. The van der Waals surface area contributed by atoms with Crippen LogP contribution in [0.15, 0.2) is 11.3 Å². The van der Waals surface area contributed by atoms with E-state index in [4.69, 9.17) is 20.2 Å². The summed E-state index contributed by atoms with van der Waals surface area (Å²) >= 11 is 0. The van der Waals surface area contributed by atoms with Gasteiger partial charge in [0.25, 0.3) is 0 Å². The van der Waals surface area contributed by atoms with Crippen LogP contribution in [0.4, 0.5) is 5.69 Å². The molecule has 2 N–H and O–H groups in total. The van der Waals surface area contributed by atoms with Crippen molar-refractivity contribution in [1.29, 1.82) is 0 Å². The van der Waals surface area contributed by atoms with Gasteiger partial charge in [0, 0.05) is 22.9 Å². The SMILES string of the molecule is CCOC(=O)C1=C(C)Oc2nc3c(c(N)c2C1[C]1[CH][CH][CH][CH]1)CCCC3.[CH]1[CH][CH][CH][CH]1.[Fe+2]. The number of allylic oxidation sites excluding steroid dienone is 1. The van der Waals surface area contributed by atoms with Crippen molar-refractivity contribution in [3.8, 4) is 5.88 Å². The van der Waals surface area contributed by atoms with Gasteiger partial charge in [0.1, 0.15) is 5.76 Å². The van der Waals surface area contributed by atoms with E-state index in [1.807, 2.05) is 57.8 Å². The fourth-order valence-electron chi connectivity index (χ4n) is 4.37. The number of aromatic nitrogens is 1. The number of pyridine rings is 1. The first-order chi connectivity index (χ1) is 15.1. The maximum absolute atomic E-state index is 12.7. The van der Waals surface area contributed by atoms with Crippen molar-refractivity contribution in [3.05, 3.63) is 91.9 Å². The zero-order chi connectivity index (χ0) is 21.8. The first-order valence-corrected chi connectivity index (χ1v) is 10.9. The zero-order valence-corrected chi connectivity index (χ0v) is 19.5. The Hall–Kier alpha value is -1.52. The summed E-state index contributed by atoms with van der Waals surface area (Å²) in [6.07, 6.45) is 22.0. The molecular formula is C26H28FeN2O3+2. The van der Waals surface area contributed by atoms with E-state index in [1.165, 1.54) is 0 Å². The minimum absolute atomic E-state index is 0. The van der Waals surface area contributed by atoms with Crippen LogP contribution in [0.1, 0.15) is 49.4 Å². The van der Waals surface area contributed by atoms with Crippen LogP contribution < -0.4 is 10.5 Å². The average molecular weight is 472 g/mol. The van der Waals surface area contributed by atoms with E-state index in [9.17, 15) is 4.79 Å². The number of carbonyl (C=O) groups is 1. The molecule has 166 valence electrons. The van der Waals surface area contributed by atoms with Crippen LogP contribution in [0.2, 0.25) is 0 Å². The molecule has 6 heteroatoms. The van der Waals surface area contributed by atoms with Crippen LogP contribution in [-0.4, -0.2) is 17.6 Å². The van der Waals surface area contributed by atoms with Crippen LogP contribution in [0.5, 0.6) is 5.88 Å². The first-order valence-electron chi connectivity index (χ1n) is 10.9. The third kappa shape index (κ3) is 5.17. The van der Waals surface area contributed by atoms with Gasteiger partial charge < -0.3 is 15.2 Å². The van der Waals surface area contributed by atoms with Crippen molar-refractivity contribution >= 4 is 11.7 Å². The molecule has 3 aliphatic carbocycles. The number of aryl methyl sites for hydroxylation is 1. The fourth-order valence-corrected chi connectivity index (χ4v) is 4.37. The summed E-state index contributed by atoms with van der Waals surface area (Å²) in [5.74, 6) is 1.39. The Balaban J connectivity index is 0.000000427. The van der Waals surface area contributed by atoms with Gasteiger partial charge in [-0.15, -0.1) is 0 Å². The standard InChI is InChI=1S/C21H23N2O3.C5H5.Fe/c1-3-25-21(24)16-12(2)26-20-18(17(16)13-8-4-5-9-13)19(22)14-10-6-7-11-15(14)23-20;1-2-4-5-3-1;/h4-5,8-9,17H,3,6-7,10-11H2,1-2H3,(H2,22,23);1-5H;/q;;+2. The minimum atomic E-state index is -0.362. The molecule has 10 radical (unpaired) electrons. The van der Waals surface area contributed by atoms with Crippen molar-refractivity contribution < 1.29 is 31.3 Å². The Morgan fingerprint density at radius 1 is 1.09 bits per heavy atom. The number of rotatable bonds is 3. The monoisotopic (exact) mass is 472 g/mol. The molecule has 0 amide bonds. The van der Waals surface area contributed by atoms with Gasteiger partial charge in [0.05, 0.1) is 12.2 Å². The molecule has 0 saturated heterocycles. The van der Waals surface area contributed by atoms with Crippen molar-refractivity contribution in [2.24, 2.45) is 0 Å². The summed E-state index contributed by atoms with van der Waals surface area (Å²) in [6, 6.07) is 0. The summed E-state index contributed by atoms with van der Waals surface area (Å²) in [4.78, 5) is 17.5. The number of anilines is 1. The van der Waals surface area contributed by atoms with Gasteiger partial charge in [-0.3, -0.25) is 0 Å². The Morgan fingerprint density at radius 3 is 2.34 bits per heavy atom. The van der Waals surface area contributed by atoms with E-state index in [2.05, 4.69) is 0 Å². The fraction of sp³-hybridized carbons (Fsp3) is 0.308. The quantitative estimate of drug-likeness (QED) is 0.525. The maximum Gasteiger partial charge on any atom is 2.00 e. The van der Waals surface area contributed by atoms with Crippen LogP contribution in [0, 0.1) is 63.7 Å². The molecule has 32 heavy (non-hydrogen) atoms. The summed E-state index contributed by atoms with van der Waals surface area (Å²) < 4.78 is 11.3. The molecule has 1 aromatic rings. The molecule has 2 heterocycles. The van der Waals surface area contributed by atoms with Crippen molar-refractivity contribution in [3.63, 3.8) is 0 Å². The molecule has 1 aromatic heterocycles. The Morgan fingerprint density at radius 2 is 1.72 bits per heavy atom. The molecule has 0 spiro atoms. The van der Waals surface area contributed by atoms with E-state index in [-0.39, 0.29) is 29.0 Å². The first kappa shape index (κ1) is 25.1. The molecule has 1 aliphatic heterocycles. The van der Waals surface area contributed by atoms with Crippen LogP contribution in [-0.2, 0) is 39.4 Å². The van der Waals surface area contributed by atoms with Crippen molar-refractivity contribution in [2.45, 2.75) is 45.4 Å². The van der Waals surface area contributed by atoms with E-state index in [0.29, 0.717) is 29.5 Å². The molecule has 1 unspecified atom stereocenters. The predicted octanol–water partition coefficient (Wildman–Crippen LogP) is 4.28. The van der Waals surface area contributed by atoms with Crippen LogP contribution in [0.3, 0.4) is 0 Å². The molecule has 2 fully saturated rings. The molecule has 5 nitrogen and oxygen atoms in total. The molecule has 0 bridgehead atoms. The number of hydrogen-bond acceptors (Lipinski definition) is 5. The van der Waals surface area contributed by atoms with Crippen molar-refractivity contribution in [2.75, 3.05) is 12.3 Å². The number of carbonyl (C=O) groups excluding carboxylic acids is 1. The van der Waals surface area contributed by atoms with Crippen LogP contribution in [0.25, 0.3) is 0 Å². The summed E-state index contributed by atoms with van der Waals surface area (Å²) in [7, 11) is 0. The molecule has 0 aromatic carbocycles. The van der Waals surface area contributed by atoms with Crippen LogP contribution >= 0.6 is 0 Å². The van der Waals surface area contributed by atoms with Gasteiger partial charge in [-0.05, 0) is 109 Å². The summed E-state index contributed by atoms with van der Waals surface area (Å²) in [6.45, 7) is 3.91. The number of nitrogens with zero attached hydrogens (tertiary/aromatic N) is 1. The molecule has 5 rings (SSSR count). The molecule has 4 aliphatic rings. The topological polar surface area (TPSA) is 74.4 Å². The number of fused-ring (bicyclic) bond motifs is 2. The van der Waals surface area contributed by atoms with E-state index in [0.717, 1.165) is 48.4 Å². The van der Waals surface area contributed by atoms with E-state index in [1.54, 1.807) is 13.8 Å². The second kappa shape index (κ2) is 11.6. The summed E-state index contributed by atoms with van der Waals surface area (Å²) in [5.41, 5.74) is 10.8. The van der Waals surface area contributed by atoms with E-state index < -0.39 is 0 Å². The third-order valence-electron chi connectivity index (χ3n) is 5.80. The molecular weight excluding hydrogens is 444 g/mol. The average Bonchev–Trinajstić information content (AvgIpc) is 3.50. The minimum Gasteiger partial charge on any atom is -0.463 e. The largest absolute Gasteiger partial charge is 2.00 e. The van der Waals surface area contributed by atoms with E-state index >= 15 is 0 Å². The smallest absolute Gasteiger partial charge is 0.463 e.